The maximum Gasteiger partial charge on any atom is 1.00 e. The predicted molar refractivity (Wildman–Crippen MR) is 116 cm³/mol. The van der Waals surface area contributed by atoms with Crippen LogP contribution in [-0.2, 0) is 0 Å². The molecule has 5 rings (SSSR count). The first-order valence-electron chi connectivity index (χ1n) is 9.91. The van der Waals surface area contributed by atoms with Crippen molar-refractivity contribution in [1.82, 2.24) is 24.7 Å². The van der Waals surface area contributed by atoms with E-state index in [9.17, 15) is 13.6 Å². The molecule has 0 spiro atoms. The van der Waals surface area contributed by atoms with Crippen molar-refractivity contribution in [2.45, 2.75) is 38.3 Å². The molecule has 0 amide bonds. The molecule has 0 atom stereocenters. The van der Waals surface area contributed by atoms with Crippen LogP contribution in [0, 0.1) is 6.33 Å². The number of halogens is 2. The number of pyridine rings is 1. The van der Waals surface area contributed by atoms with Crippen LogP contribution in [0.1, 0.15) is 25.7 Å². The molecule has 33 heavy (non-hydrogen) atoms. The standard InChI is InChI=1S/C16H16N4OS.C5H3F2N2O.Na/c21-16-15-11(7-8-22-15)9-18-20(16)13-5-6-14(17-10-13)19-12-3-1-2-4-12;6-5(7)10-4-1-8-3-9-2-4;/h5-10,12H,1-4H2,(H,17,19);1-2,5H;/q;-1;+1. The van der Waals surface area contributed by atoms with Gasteiger partial charge in [-0.25, -0.2) is 4.98 Å². The van der Waals surface area contributed by atoms with Gasteiger partial charge in [-0.3, -0.25) is 4.79 Å². The van der Waals surface area contributed by atoms with Gasteiger partial charge in [0.2, 0.25) is 0 Å². The molecular weight excluding hydrogens is 461 g/mol. The smallest absolute Gasteiger partial charge is 0.458 e. The van der Waals surface area contributed by atoms with E-state index in [0.29, 0.717) is 11.7 Å². The topological polar surface area (TPSA) is 94.8 Å². The molecule has 1 aliphatic rings. The molecule has 0 radical (unpaired) electrons. The number of thiophene rings is 1. The molecule has 0 bridgehead atoms. The second-order valence-electron chi connectivity index (χ2n) is 6.99. The van der Waals surface area contributed by atoms with E-state index in [1.165, 1.54) is 41.7 Å². The Bertz CT molecular complexity index is 1200. The predicted octanol–water partition coefficient (Wildman–Crippen LogP) is 1.08. The van der Waals surface area contributed by atoms with Gasteiger partial charge in [0.15, 0.2) is 0 Å². The van der Waals surface area contributed by atoms with Crippen LogP contribution in [0.3, 0.4) is 0 Å². The van der Waals surface area contributed by atoms with E-state index in [1.54, 1.807) is 12.4 Å². The first kappa shape index (κ1) is 25.2. The van der Waals surface area contributed by atoms with Crippen molar-refractivity contribution in [3.63, 3.8) is 0 Å². The van der Waals surface area contributed by atoms with E-state index in [1.807, 2.05) is 23.6 Å². The maximum atomic E-state index is 12.4. The van der Waals surface area contributed by atoms with Gasteiger partial charge in [-0.15, -0.1) is 11.3 Å². The summed E-state index contributed by atoms with van der Waals surface area (Å²) in [6.07, 6.45) is 12.8. The fraction of sp³-hybridized carbons (Fsp3) is 0.286. The Labute approximate surface area is 214 Å². The van der Waals surface area contributed by atoms with Gasteiger partial charge in [0.25, 0.3) is 5.56 Å². The molecular formula is C21H19F2N6NaO2S. The number of alkyl halides is 2. The minimum Gasteiger partial charge on any atom is -0.458 e. The van der Waals surface area contributed by atoms with Crippen molar-refractivity contribution in [3.05, 3.63) is 65.0 Å². The zero-order valence-corrected chi connectivity index (χ0v) is 20.6. The van der Waals surface area contributed by atoms with Crippen molar-refractivity contribution in [1.29, 1.82) is 0 Å². The molecule has 12 heteroatoms. The second kappa shape index (κ2) is 12.1. The van der Waals surface area contributed by atoms with E-state index in [4.69, 9.17) is 0 Å². The summed E-state index contributed by atoms with van der Waals surface area (Å²) in [6, 6.07) is 6.24. The van der Waals surface area contributed by atoms with Crippen LogP contribution >= 0.6 is 11.3 Å². The number of aromatic nitrogens is 5. The molecule has 1 fully saturated rings. The van der Waals surface area contributed by atoms with Crippen LogP contribution < -0.4 is 45.2 Å². The number of rotatable bonds is 5. The maximum absolute atomic E-state index is 12.4. The van der Waals surface area contributed by atoms with Crippen LogP contribution in [0.2, 0.25) is 0 Å². The Balaban J connectivity index is 0.000000237. The van der Waals surface area contributed by atoms with Crippen molar-refractivity contribution in [2.75, 3.05) is 5.32 Å². The van der Waals surface area contributed by atoms with Crippen LogP contribution in [0.4, 0.5) is 14.6 Å². The number of fused-ring (bicyclic) bond motifs is 1. The minimum atomic E-state index is -2.83. The SMILES string of the molecule is FC(F)Oc1cn[c-]nc1.O=c1c2sccc2cnn1-c1ccc(NC2CCCC2)nc1.[Na+]. The average molecular weight is 480 g/mol. The normalized spacial score (nSPS) is 13.3. The quantitative estimate of drug-likeness (QED) is 0.337. The van der Waals surface area contributed by atoms with Gasteiger partial charge in [0, 0.05) is 17.8 Å². The fourth-order valence-electron chi connectivity index (χ4n) is 3.34. The fourth-order valence-corrected chi connectivity index (χ4v) is 4.13. The Hall–Kier alpha value is -2.47. The van der Waals surface area contributed by atoms with Gasteiger partial charge in [0.05, 0.1) is 23.8 Å². The van der Waals surface area contributed by atoms with Crippen LogP contribution in [0.25, 0.3) is 15.8 Å². The third-order valence-electron chi connectivity index (χ3n) is 4.82. The summed E-state index contributed by atoms with van der Waals surface area (Å²) in [6.45, 7) is -2.83. The first-order chi connectivity index (χ1) is 15.6. The molecule has 4 aromatic rings. The Morgan fingerprint density at radius 1 is 1.12 bits per heavy atom. The largest absolute Gasteiger partial charge is 1.00 e. The van der Waals surface area contributed by atoms with Crippen molar-refractivity contribution < 1.29 is 43.1 Å². The zero-order chi connectivity index (χ0) is 22.3. The molecule has 8 nitrogen and oxygen atoms in total. The summed E-state index contributed by atoms with van der Waals surface area (Å²) >= 11 is 1.44. The molecule has 0 aromatic carbocycles. The third kappa shape index (κ3) is 6.76. The molecule has 1 N–H and O–H groups in total. The van der Waals surface area contributed by atoms with Gasteiger partial charge in [-0.2, -0.15) is 18.6 Å². The molecule has 4 aromatic heterocycles. The van der Waals surface area contributed by atoms with E-state index in [-0.39, 0.29) is 40.9 Å². The van der Waals surface area contributed by atoms with Gasteiger partial charge < -0.3 is 20.0 Å². The van der Waals surface area contributed by atoms with Crippen molar-refractivity contribution in [2.24, 2.45) is 0 Å². The summed E-state index contributed by atoms with van der Waals surface area (Å²) in [5.74, 6) is 0.801. The van der Waals surface area contributed by atoms with E-state index in [2.05, 4.69) is 36.4 Å². The Kier molecular flexibility index (Phi) is 9.24. The number of anilines is 1. The van der Waals surface area contributed by atoms with E-state index < -0.39 is 6.61 Å². The number of hydrogen-bond acceptors (Lipinski definition) is 8. The van der Waals surface area contributed by atoms with Crippen molar-refractivity contribution >= 4 is 27.2 Å². The molecule has 4 heterocycles. The minimum absolute atomic E-state index is 0. The number of nitrogens with one attached hydrogen (secondary N) is 1. The molecule has 0 unspecified atom stereocenters. The summed E-state index contributed by atoms with van der Waals surface area (Å²) in [5.41, 5.74) is 0.600. The Morgan fingerprint density at radius 3 is 2.55 bits per heavy atom. The van der Waals surface area contributed by atoms with E-state index >= 15 is 0 Å². The monoisotopic (exact) mass is 480 g/mol. The zero-order valence-electron chi connectivity index (χ0n) is 17.8. The van der Waals surface area contributed by atoms with Gasteiger partial charge >= 0.3 is 36.2 Å². The van der Waals surface area contributed by atoms with Gasteiger partial charge in [-0.1, -0.05) is 12.8 Å². The number of ether oxygens (including phenoxy) is 1. The summed E-state index contributed by atoms with van der Waals surface area (Å²) < 4.78 is 28.9. The third-order valence-corrected chi connectivity index (χ3v) is 5.74. The van der Waals surface area contributed by atoms with Crippen LogP contribution in [0.15, 0.2) is 53.2 Å². The molecule has 0 aliphatic heterocycles. The Morgan fingerprint density at radius 2 is 1.88 bits per heavy atom. The van der Waals surface area contributed by atoms with E-state index in [0.717, 1.165) is 28.3 Å². The van der Waals surface area contributed by atoms with Crippen molar-refractivity contribution in [3.8, 4) is 11.4 Å². The number of hydrogen-bond donors (Lipinski definition) is 1. The summed E-state index contributed by atoms with van der Waals surface area (Å²) in [5, 5.41) is 10.5. The van der Waals surface area contributed by atoms with Gasteiger partial charge in [0.1, 0.15) is 10.5 Å². The molecule has 0 saturated heterocycles. The summed E-state index contributed by atoms with van der Waals surface area (Å²) in [7, 11) is 0. The molecule has 1 saturated carbocycles. The summed E-state index contributed by atoms with van der Waals surface area (Å²) in [4.78, 5) is 23.5. The number of nitrogens with zero attached hydrogens (tertiary/aromatic N) is 5. The van der Waals surface area contributed by atoms with Crippen LogP contribution in [-0.4, -0.2) is 37.4 Å². The molecule has 166 valence electrons. The van der Waals surface area contributed by atoms with Crippen LogP contribution in [0.5, 0.6) is 5.75 Å². The molecule has 1 aliphatic carbocycles. The second-order valence-corrected chi connectivity index (χ2v) is 7.91. The van der Waals surface area contributed by atoms with Gasteiger partial charge in [-0.05, 0) is 48.8 Å². The average Bonchev–Trinajstić information content (AvgIpc) is 3.48. The first-order valence-corrected chi connectivity index (χ1v) is 10.8.